The average Bonchev–Trinajstić information content (AvgIpc) is 2.97. The van der Waals surface area contributed by atoms with Crippen LogP contribution in [0, 0.1) is 5.92 Å². The van der Waals surface area contributed by atoms with E-state index >= 15 is 0 Å². The molecule has 0 bridgehead atoms. The van der Waals surface area contributed by atoms with Crippen molar-refractivity contribution in [2.75, 3.05) is 26.2 Å². The summed E-state index contributed by atoms with van der Waals surface area (Å²) in [5.74, 6) is 0.453. The van der Waals surface area contributed by atoms with E-state index < -0.39 is 10.2 Å². The van der Waals surface area contributed by atoms with E-state index in [1.807, 2.05) is 0 Å². The van der Waals surface area contributed by atoms with Gasteiger partial charge in [0.15, 0.2) is 0 Å². The van der Waals surface area contributed by atoms with Gasteiger partial charge in [0.25, 0.3) is 10.2 Å². The molecule has 0 radical (unpaired) electrons. The summed E-state index contributed by atoms with van der Waals surface area (Å²) in [6.07, 6.45) is 5.73. The molecule has 3 N–H and O–H groups in total. The third-order valence-electron chi connectivity index (χ3n) is 3.57. The molecule has 20 heavy (non-hydrogen) atoms. The number of rotatable bonds is 7. The Morgan fingerprint density at radius 2 is 2.10 bits per heavy atom. The highest BCUT2D eigenvalue weighted by molar-refractivity contribution is 7.87. The molecule has 8 nitrogen and oxygen atoms in total. The van der Waals surface area contributed by atoms with E-state index in [1.54, 1.807) is 17.1 Å². The zero-order valence-corrected chi connectivity index (χ0v) is 12.3. The quantitative estimate of drug-likeness (QED) is 0.640. The lowest BCUT2D eigenvalue weighted by Gasteiger charge is -2.30. The molecule has 0 saturated carbocycles. The second-order valence-electron chi connectivity index (χ2n) is 5.00. The van der Waals surface area contributed by atoms with Crippen LogP contribution in [0.25, 0.3) is 0 Å². The van der Waals surface area contributed by atoms with Crippen LogP contribution in [0.1, 0.15) is 19.3 Å². The first-order chi connectivity index (χ1) is 9.62. The third-order valence-corrected chi connectivity index (χ3v) is 5.18. The van der Waals surface area contributed by atoms with E-state index in [0.717, 1.165) is 12.8 Å². The Morgan fingerprint density at radius 3 is 2.70 bits per heavy atom. The van der Waals surface area contributed by atoms with Crippen molar-refractivity contribution in [1.82, 2.24) is 24.0 Å². The number of aryl methyl sites for hydroxylation is 1. The van der Waals surface area contributed by atoms with Gasteiger partial charge in [0.05, 0.1) is 6.20 Å². The summed E-state index contributed by atoms with van der Waals surface area (Å²) in [6.45, 7) is 2.80. The van der Waals surface area contributed by atoms with Gasteiger partial charge in [-0.25, -0.2) is 4.72 Å². The van der Waals surface area contributed by atoms with Gasteiger partial charge in [0, 0.05) is 32.4 Å². The zero-order chi connectivity index (χ0) is 14.4. The number of nitrogens with one attached hydrogen (secondary N) is 1. The van der Waals surface area contributed by atoms with Crippen molar-refractivity contribution in [1.29, 1.82) is 0 Å². The SMILES string of the molecule is NCC1CCN(S(=O)(=O)NCCCn2ccnn2)CC1. The van der Waals surface area contributed by atoms with Crippen molar-refractivity contribution in [3.8, 4) is 0 Å². The molecule has 0 amide bonds. The van der Waals surface area contributed by atoms with E-state index in [0.29, 0.717) is 45.1 Å². The van der Waals surface area contributed by atoms with Crippen LogP contribution in [0.15, 0.2) is 12.4 Å². The summed E-state index contributed by atoms with van der Waals surface area (Å²) in [7, 11) is -3.36. The molecule has 1 fully saturated rings. The van der Waals surface area contributed by atoms with Crippen LogP contribution in [-0.2, 0) is 16.8 Å². The maximum atomic E-state index is 12.1. The first-order valence-corrected chi connectivity index (χ1v) is 8.35. The molecule has 1 saturated heterocycles. The molecule has 9 heteroatoms. The Morgan fingerprint density at radius 1 is 1.35 bits per heavy atom. The van der Waals surface area contributed by atoms with Gasteiger partial charge in [0.1, 0.15) is 0 Å². The molecular formula is C11H22N6O2S. The summed E-state index contributed by atoms with van der Waals surface area (Å²) in [5, 5.41) is 7.52. The predicted molar refractivity (Wildman–Crippen MR) is 74.9 cm³/mol. The predicted octanol–water partition coefficient (Wildman–Crippen LogP) is -0.827. The van der Waals surface area contributed by atoms with E-state index in [1.165, 1.54) is 4.31 Å². The molecule has 0 atom stereocenters. The highest BCUT2D eigenvalue weighted by Crippen LogP contribution is 2.17. The number of nitrogens with zero attached hydrogens (tertiary/aromatic N) is 4. The topological polar surface area (TPSA) is 106 Å². The third kappa shape index (κ3) is 4.23. The number of hydrogen-bond acceptors (Lipinski definition) is 5. The van der Waals surface area contributed by atoms with Crippen LogP contribution < -0.4 is 10.5 Å². The molecule has 0 spiro atoms. The number of nitrogens with two attached hydrogens (primary N) is 1. The van der Waals surface area contributed by atoms with E-state index in [-0.39, 0.29) is 0 Å². The zero-order valence-electron chi connectivity index (χ0n) is 11.5. The molecular weight excluding hydrogens is 280 g/mol. The second kappa shape index (κ2) is 7.11. The van der Waals surface area contributed by atoms with Crippen molar-refractivity contribution < 1.29 is 8.42 Å². The molecule has 114 valence electrons. The van der Waals surface area contributed by atoms with Crippen LogP contribution in [0.5, 0.6) is 0 Å². The number of piperidine rings is 1. The van der Waals surface area contributed by atoms with E-state index in [4.69, 9.17) is 5.73 Å². The minimum absolute atomic E-state index is 0.402. The fourth-order valence-electron chi connectivity index (χ4n) is 2.27. The van der Waals surface area contributed by atoms with Gasteiger partial charge in [-0.15, -0.1) is 5.10 Å². The van der Waals surface area contributed by atoms with Crippen LogP contribution in [0.4, 0.5) is 0 Å². The second-order valence-corrected chi connectivity index (χ2v) is 6.75. The number of hydrogen-bond donors (Lipinski definition) is 2. The van der Waals surface area contributed by atoms with E-state index in [2.05, 4.69) is 15.0 Å². The summed E-state index contributed by atoms with van der Waals surface area (Å²) in [6, 6.07) is 0. The van der Waals surface area contributed by atoms with Gasteiger partial charge < -0.3 is 5.73 Å². The molecule has 1 aromatic heterocycles. The lowest BCUT2D eigenvalue weighted by atomic mass is 9.99. The van der Waals surface area contributed by atoms with Crippen molar-refractivity contribution in [2.45, 2.75) is 25.8 Å². The molecule has 2 rings (SSSR count). The number of aromatic nitrogens is 3. The molecule has 0 aromatic carbocycles. The molecule has 2 heterocycles. The summed E-state index contributed by atoms with van der Waals surface area (Å²) in [4.78, 5) is 0. The maximum Gasteiger partial charge on any atom is 0.279 e. The minimum atomic E-state index is -3.36. The average molecular weight is 302 g/mol. The van der Waals surface area contributed by atoms with Gasteiger partial charge in [0.2, 0.25) is 0 Å². The highest BCUT2D eigenvalue weighted by Gasteiger charge is 2.26. The van der Waals surface area contributed by atoms with Crippen LogP contribution in [-0.4, -0.2) is 53.9 Å². The Labute approximate surface area is 119 Å². The van der Waals surface area contributed by atoms with Crippen molar-refractivity contribution in [3.63, 3.8) is 0 Å². The van der Waals surface area contributed by atoms with Gasteiger partial charge in [-0.05, 0) is 31.7 Å². The van der Waals surface area contributed by atoms with Crippen LogP contribution >= 0.6 is 0 Å². The Balaban J connectivity index is 1.71. The van der Waals surface area contributed by atoms with Gasteiger partial charge >= 0.3 is 0 Å². The standard InChI is InChI=1S/C11H22N6O2S/c12-10-11-2-7-17(8-3-11)20(18,19)14-4-1-6-16-9-5-13-15-16/h5,9,11,14H,1-4,6-8,10,12H2. The fraction of sp³-hybridized carbons (Fsp3) is 0.818. The lowest BCUT2D eigenvalue weighted by Crippen LogP contribution is -2.46. The Bertz CT molecular complexity index is 481. The minimum Gasteiger partial charge on any atom is -0.330 e. The van der Waals surface area contributed by atoms with Crippen LogP contribution in [0.3, 0.4) is 0 Å². The maximum absolute atomic E-state index is 12.1. The van der Waals surface area contributed by atoms with Gasteiger partial charge in [-0.2, -0.15) is 12.7 Å². The monoisotopic (exact) mass is 302 g/mol. The van der Waals surface area contributed by atoms with Gasteiger partial charge in [-0.1, -0.05) is 5.21 Å². The summed E-state index contributed by atoms with van der Waals surface area (Å²) < 4.78 is 30.0. The Hall–Kier alpha value is -1.03. The van der Waals surface area contributed by atoms with Gasteiger partial charge in [-0.3, -0.25) is 4.68 Å². The normalized spacial score (nSPS) is 18.4. The van der Waals surface area contributed by atoms with Crippen LogP contribution in [0.2, 0.25) is 0 Å². The fourth-order valence-corrected chi connectivity index (χ4v) is 3.55. The first-order valence-electron chi connectivity index (χ1n) is 6.90. The highest BCUT2D eigenvalue weighted by atomic mass is 32.2. The molecule has 1 aliphatic heterocycles. The molecule has 0 aliphatic carbocycles. The molecule has 1 aromatic rings. The van der Waals surface area contributed by atoms with Crippen molar-refractivity contribution in [3.05, 3.63) is 12.4 Å². The lowest BCUT2D eigenvalue weighted by molar-refractivity contribution is 0.275. The molecule has 0 unspecified atom stereocenters. The Kier molecular flexibility index (Phi) is 5.46. The van der Waals surface area contributed by atoms with Crippen molar-refractivity contribution in [2.24, 2.45) is 11.7 Å². The largest absolute Gasteiger partial charge is 0.330 e. The smallest absolute Gasteiger partial charge is 0.279 e. The summed E-state index contributed by atoms with van der Waals surface area (Å²) in [5.41, 5.74) is 5.61. The first kappa shape index (κ1) is 15.4. The van der Waals surface area contributed by atoms with Crippen molar-refractivity contribution >= 4 is 10.2 Å². The summed E-state index contributed by atoms with van der Waals surface area (Å²) >= 11 is 0. The molecule has 1 aliphatic rings. The van der Waals surface area contributed by atoms with E-state index in [9.17, 15) is 8.42 Å².